The van der Waals surface area contributed by atoms with Gasteiger partial charge in [-0.25, -0.2) is 0 Å². The summed E-state index contributed by atoms with van der Waals surface area (Å²) in [7, 11) is 0. The second kappa shape index (κ2) is 4.47. The van der Waals surface area contributed by atoms with Crippen LogP contribution in [0.15, 0.2) is 11.8 Å². The Bertz CT molecular complexity index is 341. The van der Waals surface area contributed by atoms with Crippen molar-refractivity contribution >= 4 is 5.97 Å². The number of ether oxygens (including phenoxy) is 1. The Morgan fingerprint density at radius 1 is 1.47 bits per heavy atom. The summed E-state index contributed by atoms with van der Waals surface area (Å²) < 4.78 is 5.43. The first-order chi connectivity index (χ1) is 8.01. The van der Waals surface area contributed by atoms with E-state index in [4.69, 9.17) is 4.74 Å². The van der Waals surface area contributed by atoms with Gasteiger partial charge in [0.15, 0.2) is 0 Å². The van der Waals surface area contributed by atoms with E-state index in [1.165, 1.54) is 19.3 Å². The van der Waals surface area contributed by atoms with Crippen LogP contribution >= 0.6 is 0 Å². The summed E-state index contributed by atoms with van der Waals surface area (Å²) in [5.41, 5.74) is 0.222. The molecule has 2 aliphatic rings. The topological polar surface area (TPSA) is 26.3 Å². The number of allylic oxidation sites excluding steroid dienone is 2. The Hall–Kier alpha value is -0.790. The van der Waals surface area contributed by atoms with Crippen LogP contribution in [0.5, 0.6) is 0 Å². The third kappa shape index (κ3) is 2.02. The second-order valence-electron chi connectivity index (χ2n) is 5.92. The average Bonchev–Trinajstić information content (AvgIpc) is 2.55. The van der Waals surface area contributed by atoms with Gasteiger partial charge in [-0.2, -0.15) is 0 Å². The highest BCUT2D eigenvalue weighted by atomic mass is 16.5. The lowest BCUT2D eigenvalue weighted by Crippen LogP contribution is -2.30. The second-order valence-corrected chi connectivity index (χ2v) is 5.92. The zero-order valence-electron chi connectivity index (χ0n) is 11.5. The van der Waals surface area contributed by atoms with Gasteiger partial charge in [-0.05, 0) is 30.3 Å². The van der Waals surface area contributed by atoms with Crippen molar-refractivity contribution in [2.24, 2.45) is 23.2 Å². The van der Waals surface area contributed by atoms with Crippen molar-refractivity contribution in [1.82, 2.24) is 0 Å². The molecule has 0 aromatic rings. The third-order valence-electron chi connectivity index (χ3n) is 4.94. The van der Waals surface area contributed by atoms with E-state index in [0.717, 1.165) is 12.2 Å². The van der Waals surface area contributed by atoms with Crippen LogP contribution in [0.3, 0.4) is 0 Å². The predicted molar refractivity (Wildman–Crippen MR) is 68.2 cm³/mol. The number of esters is 1. The highest BCUT2D eigenvalue weighted by molar-refractivity contribution is 5.77. The molecule has 96 valence electrons. The molecule has 1 saturated heterocycles. The number of fused-ring (bicyclic) bond motifs is 1. The van der Waals surface area contributed by atoms with Crippen molar-refractivity contribution < 1.29 is 9.53 Å². The summed E-state index contributed by atoms with van der Waals surface area (Å²) in [6, 6.07) is 0. The Labute approximate surface area is 104 Å². The van der Waals surface area contributed by atoms with E-state index in [2.05, 4.69) is 26.8 Å². The predicted octanol–water partition coefficient (Wildman–Crippen LogP) is 3.92. The fraction of sp³-hybridized carbons (Fsp3) is 0.800. The Morgan fingerprint density at radius 3 is 2.71 bits per heavy atom. The minimum absolute atomic E-state index is 0.0324. The molecule has 2 rings (SSSR count). The van der Waals surface area contributed by atoms with Gasteiger partial charge in [0.05, 0.1) is 5.92 Å². The van der Waals surface area contributed by atoms with E-state index in [9.17, 15) is 4.79 Å². The molecule has 17 heavy (non-hydrogen) atoms. The zero-order chi connectivity index (χ0) is 12.6. The maximum atomic E-state index is 11.6. The molecule has 0 spiro atoms. The molecule has 0 N–H and O–H groups in total. The van der Waals surface area contributed by atoms with Crippen molar-refractivity contribution in [2.45, 2.75) is 53.4 Å². The maximum Gasteiger partial charge on any atom is 0.314 e. The van der Waals surface area contributed by atoms with Crippen LogP contribution in [0.25, 0.3) is 0 Å². The first kappa shape index (κ1) is 12.7. The van der Waals surface area contributed by atoms with E-state index < -0.39 is 0 Å². The summed E-state index contributed by atoms with van der Waals surface area (Å²) >= 11 is 0. The van der Waals surface area contributed by atoms with Gasteiger partial charge in [0.1, 0.15) is 5.76 Å². The molecule has 0 aromatic heterocycles. The number of carbonyl (C=O) groups is 1. The lowest BCUT2D eigenvalue weighted by Gasteiger charge is -2.39. The van der Waals surface area contributed by atoms with E-state index in [1.54, 1.807) is 0 Å². The van der Waals surface area contributed by atoms with Crippen LogP contribution in [-0.2, 0) is 9.53 Å². The maximum absolute atomic E-state index is 11.6. The smallest absolute Gasteiger partial charge is 0.314 e. The first-order valence-corrected chi connectivity index (χ1v) is 6.96. The molecule has 3 unspecified atom stereocenters. The van der Waals surface area contributed by atoms with Gasteiger partial charge in [0, 0.05) is 5.92 Å². The summed E-state index contributed by atoms with van der Waals surface area (Å²) in [5, 5.41) is 0. The minimum atomic E-state index is -0.0324. The van der Waals surface area contributed by atoms with Crippen LogP contribution in [0.4, 0.5) is 0 Å². The first-order valence-electron chi connectivity index (χ1n) is 6.96. The molecule has 0 aromatic carbocycles. The normalized spacial score (nSPS) is 36.8. The lowest BCUT2D eigenvalue weighted by atomic mass is 9.66. The minimum Gasteiger partial charge on any atom is -0.431 e. The number of hydrogen-bond donors (Lipinski definition) is 0. The highest BCUT2D eigenvalue weighted by Crippen LogP contribution is 2.49. The molecule has 1 fully saturated rings. The standard InChI is InChI=1S/C15H24O2/c1-5-11(6-2)15(4)8-7-12-10(3)14(16)17-13(12)9-15/h9-12H,5-8H2,1-4H3. The molecule has 1 aliphatic heterocycles. The Balaban J connectivity index is 2.26. The molecular weight excluding hydrogens is 212 g/mol. The average molecular weight is 236 g/mol. The summed E-state index contributed by atoms with van der Waals surface area (Å²) in [5.74, 6) is 2.04. The SMILES string of the molecule is CCC(CC)C1(C)C=C2OC(=O)C(C)C2CC1. The Kier molecular flexibility index (Phi) is 3.33. The quantitative estimate of drug-likeness (QED) is 0.694. The van der Waals surface area contributed by atoms with Crippen molar-refractivity contribution in [3.63, 3.8) is 0 Å². The molecule has 3 atom stereocenters. The van der Waals surface area contributed by atoms with Crippen molar-refractivity contribution in [1.29, 1.82) is 0 Å². The summed E-state index contributed by atoms with van der Waals surface area (Å²) in [6.45, 7) is 8.83. The van der Waals surface area contributed by atoms with Crippen molar-refractivity contribution in [2.75, 3.05) is 0 Å². The largest absolute Gasteiger partial charge is 0.431 e. The summed E-state index contributed by atoms with van der Waals surface area (Å²) in [6.07, 6.45) is 6.95. The molecule has 2 nitrogen and oxygen atoms in total. The fourth-order valence-corrected chi connectivity index (χ4v) is 3.63. The van der Waals surface area contributed by atoms with E-state index in [0.29, 0.717) is 11.8 Å². The molecule has 0 saturated carbocycles. The van der Waals surface area contributed by atoms with Crippen LogP contribution in [0.2, 0.25) is 0 Å². The monoisotopic (exact) mass is 236 g/mol. The fourth-order valence-electron chi connectivity index (χ4n) is 3.63. The molecule has 1 heterocycles. The van der Waals surface area contributed by atoms with E-state index >= 15 is 0 Å². The molecule has 0 amide bonds. The molecular formula is C15H24O2. The number of rotatable bonds is 3. The molecule has 2 heteroatoms. The van der Waals surface area contributed by atoms with Crippen LogP contribution in [0, 0.1) is 23.2 Å². The van der Waals surface area contributed by atoms with E-state index in [1.807, 2.05) is 6.92 Å². The molecule has 0 radical (unpaired) electrons. The molecule has 0 bridgehead atoms. The van der Waals surface area contributed by atoms with Gasteiger partial charge < -0.3 is 4.74 Å². The zero-order valence-corrected chi connectivity index (χ0v) is 11.5. The lowest BCUT2D eigenvalue weighted by molar-refractivity contribution is -0.138. The van der Waals surface area contributed by atoms with Crippen molar-refractivity contribution in [3.8, 4) is 0 Å². The van der Waals surface area contributed by atoms with Crippen molar-refractivity contribution in [3.05, 3.63) is 11.8 Å². The number of hydrogen-bond acceptors (Lipinski definition) is 2. The van der Waals surface area contributed by atoms with Gasteiger partial charge in [-0.3, -0.25) is 4.79 Å². The van der Waals surface area contributed by atoms with E-state index in [-0.39, 0.29) is 17.3 Å². The highest BCUT2D eigenvalue weighted by Gasteiger charge is 2.44. The number of carbonyl (C=O) groups excluding carboxylic acids is 1. The van der Waals surface area contributed by atoms with Gasteiger partial charge >= 0.3 is 5.97 Å². The Morgan fingerprint density at radius 2 is 2.12 bits per heavy atom. The van der Waals surface area contributed by atoms with Crippen LogP contribution in [-0.4, -0.2) is 5.97 Å². The summed E-state index contributed by atoms with van der Waals surface area (Å²) in [4.78, 5) is 11.6. The third-order valence-corrected chi connectivity index (χ3v) is 4.94. The van der Waals surface area contributed by atoms with Gasteiger partial charge in [0.25, 0.3) is 0 Å². The molecule has 1 aliphatic carbocycles. The van der Waals surface area contributed by atoms with Gasteiger partial charge in [-0.1, -0.05) is 40.5 Å². The van der Waals surface area contributed by atoms with Crippen LogP contribution < -0.4 is 0 Å². The van der Waals surface area contributed by atoms with Gasteiger partial charge in [-0.15, -0.1) is 0 Å². The van der Waals surface area contributed by atoms with Gasteiger partial charge in [0.2, 0.25) is 0 Å². The van der Waals surface area contributed by atoms with Crippen LogP contribution in [0.1, 0.15) is 53.4 Å².